The van der Waals surface area contributed by atoms with Crippen LogP contribution in [0.5, 0.6) is 0 Å². The van der Waals surface area contributed by atoms with Crippen LogP contribution in [0.1, 0.15) is 15.9 Å². The zero-order chi connectivity index (χ0) is 22.1. The molecule has 0 radical (unpaired) electrons. The van der Waals surface area contributed by atoms with E-state index in [2.05, 4.69) is 11.3 Å². The standard InChI is InChI=1S/C19H18FN3O5S2/c1-2-29(25,26)22-17-12-23(11-15(17)13-6-4-3-5-7-13)19(24)14-8-9-18(16(20)10-14)30(21,27)28/h2-10,22H,1,11-12H2,(H2,21,27,28). The Morgan fingerprint density at radius 1 is 1.10 bits per heavy atom. The molecule has 0 saturated heterocycles. The van der Waals surface area contributed by atoms with Crippen LogP contribution in [0.15, 0.2) is 71.1 Å². The monoisotopic (exact) mass is 451 g/mol. The highest BCUT2D eigenvalue weighted by Crippen LogP contribution is 2.27. The number of halogens is 1. The Balaban J connectivity index is 1.93. The van der Waals surface area contributed by atoms with Gasteiger partial charge in [0.05, 0.1) is 12.2 Å². The fraction of sp³-hybridized carbons (Fsp3) is 0.105. The fourth-order valence-corrected chi connectivity index (χ4v) is 4.23. The van der Waals surface area contributed by atoms with Crippen molar-refractivity contribution in [3.63, 3.8) is 0 Å². The van der Waals surface area contributed by atoms with E-state index in [1.807, 2.05) is 0 Å². The Hall–Kier alpha value is -3.02. The second-order valence-electron chi connectivity index (χ2n) is 6.49. The first-order valence-corrected chi connectivity index (χ1v) is 11.7. The Labute approximate surface area is 173 Å². The van der Waals surface area contributed by atoms with Gasteiger partial charge in [0.15, 0.2) is 0 Å². The molecule has 2 aromatic carbocycles. The predicted octanol–water partition coefficient (Wildman–Crippen LogP) is 1.40. The Bertz CT molecular complexity index is 1260. The van der Waals surface area contributed by atoms with Crippen LogP contribution in [0.2, 0.25) is 0 Å². The summed E-state index contributed by atoms with van der Waals surface area (Å²) < 4.78 is 63.2. The largest absolute Gasteiger partial charge is 0.328 e. The lowest BCUT2D eigenvalue weighted by Gasteiger charge is -2.17. The molecule has 11 heteroatoms. The van der Waals surface area contributed by atoms with Crippen LogP contribution in [0.25, 0.3) is 5.57 Å². The van der Waals surface area contributed by atoms with Gasteiger partial charge in [0.1, 0.15) is 10.7 Å². The lowest BCUT2D eigenvalue weighted by molar-refractivity contribution is 0.0798. The molecule has 0 aromatic heterocycles. The van der Waals surface area contributed by atoms with E-state index >= 15 is 0 Å². The van der Waals surface area contributed by atoms with E-state index in [4.69, 9.17) is 5.14 Å². The van der Waals surface area contributed by atoms with Gasteiger partial charge in [0.2, 0.25) is 10.0 Å². The molecule has 1 heterocycles. The number of benzene rings is 2. The van der Waals surface area contributed by atoms with Crippen LogP contribution < -0.4 is 9.86 Å². The van der Waals surface area contributed by atoms with Crippen molar-refractivity contribution in [1.29, 1.82) is 0 Å². The van der Waals surface area contributed by atoms with Gasteiger partial charge in [-0.15, -0.1) is 0 Å². The van der Waals surface area contributed by atoms with Crippen molar-refractivity contribution in [3.8, 4) is 0 Å². The summed E-state index contributed by atoms with van der Waals surface area (Å²) >= 11 is 0. The summed E-state index contributed by atoms with van der Waals surface area (Å²) in [4.78, 5) is 13.5. The summed E-state index contributed by atoms with van der Waals surface area (Å²) in [6.45, 7) is 3.25. The van der Waals surface area contributed by atoms with Gasteiger partial charge in [-0.3, -0.25) is 9.52 Å². The molecule has 3 rings (SSSR count). The third-order valence-corrected chi connectivity index (χ3v) is 6.36. The summed E-state index contributed by atoms with van der Waals surface area (Å²) in [6.07, 6.45) is 0. The Morgan fingerprint density at radius 3 is 2.33 bits per heavy atom. The van der Waals surface area contributed by atoms with E-state index in [0.717, 1.165) is 23.6 Å². The maximum absolute atomic E-state index is 14.1. The van der Waals surface area contributed by atoms with Crippen molar-refractivity contribution in [1.82, 2.24) is 9.62 Å². The Kier molecular flexibility index (Phi) is 5.79. The first kappa shape index (κ1) is 21.7. The van der Waals surface area contributed by atoms with E-state index in [1.165, 1.54) is 4.90 Å². The third kappa shape index (κ3) is 4.58. The zero-order valence-corrected chi connectivity index (χ0v) is 17.2. The number of carbonyl (C=O) groups excluding carboxylic acids is 1. The van der Waals surface area contributed by atoms with Gasteiger partial charge in [0.25, 0.3) is 15.9 Å². The molecule has 0 unspecified atom stereocenters. The predicted molar refractivity (Wildman–Crippen MR) is 109 cm³/mol. The molecule has 0 fully saturated rings. The number of carbonyl (C=O) groups is 1. The second-order valence-corrected chi connectivity index (χ2v) is 9.65. The summed E-state index contributed by atoms with van der Waals surface area (Å²) in [5, 5.41) is 5.69. The topological polar surface area (TPSA) is 127 Å². The van der Waals surface area contributed by atoms with Gasteiger partial charge in [-0.1, -0.05) is 36.9 Å². The van der Waals surface area contributed by atoms with E-state index in [-0.39, 0.29) is 24.4 Å². The molecule has 1 aliphatic rings. The van der Waals surface area contributed by atoms with Crippen LogP contribution in [-0.4, -0.2) is 40.7 Å². The van der Waals surface area contributed by atoms with Gasteiger partial charge in [-0.25, -0.2) is 26.4 Å². The minimum absolute atomic E-state index is 0.0659. The van der Waals surface area contributed by atoms with Gasteiger partial charge in [-0.05, 0) is 23.8 Å². The molecule has 158 valence electrons. The molecule has 0 saturated carbocycles. The SMILES string of the molecule is C=CS(=O)(=O)NC1=C(c2ccccc2)CN(C(=O)c2ccc(S(N)(=O)=O)c(F)c2)C1. The molecular formula is C19H18FN3O5S2. The molecule has 3 N–H and O–H groups in total. The number of hydrogen-bond donors (Lipinski definition) is 2. The smallest absolute Gasteiger partial charge is 0.254 e. The van der Waals surface area contributed by atoms with Crippen molar-refractivity contribution < 1.29 is 26.0 Å². The lowest BCUT2D eigenvalue weighted by Crippen LogP contribution is -2.32. The van der Waals surface area contributed by atoms with E-state index in [0.29, 0.717) is 11.1 Å². The number of hydrogen-bond acceptors (Lipinski definition) is 5. The minimum atomic E-state index is -4.27. The van der Waals surface area contributed by atoms with Crippen LogP contribution in [0.4, 0.5) is 4.39 Å². The summed E-state index contributed by atoms with van der Waals surface area (Å²) in [5.41, 5.74) is 1.48. The molecule has 0 spiro atoms. The van der Waals surface area contributed by atoms with E-state index < -0.39 is 36.7 Å². The summed E-state index contributed by atoms with van der Waals surface area (Å²) in [7, 11) is -8.07. The molecule has 0 atom stereocenters. The molecule has 0 aliphatic carbocycles. The first-order valence-electron chi connectivity index (χ1n) is 8.56. The maximum Gasteiger partial charge on any atom is 0.254 e. The van der Waals surface area contributed by atoms with Crippen LogP contribution in [0, 0.1) is 5.82 Å². The summed E-state index contributed by atoms with van der Waals surface area (Å²) in [6, 6.07) is 11.7. The van der Waals surface area contributed by atoms with Crippen molar-refractivity contribution in [2.75, 3.05) is 13.1 Å². The lowest BCUT2D eigenvalue weighted by atomic mass is 10.1. The molecule has 1 amide bonds. The molecular weight excluding hydrogens is 433 g/mol. The Morgan fingerprint density at radius 2 is 1.77 bits per heavy atom. The molecule has 30 heavy (non-hydrogen) atoms. The number of nitrogens with zero attached hydrogens (tertiary/aromatic N) is 1. The first-order chi connectivity index (χ1) is 14.0. The van der Waals surface area contributed by atoms with E-state index in [9.17, 15) is 26.0 Å². The number of nitrogens with two attached hydrogens (primary N) is 1. The van der Waals surface area contributed by atoms with Crippen molar-refractivity contribution in [2.45, 2.75) is 4.90 Å². The summed E-state index contributed by atoms with van der Waals surface area (Å²) in [5.74, 6) is -1.75. The number of amides is 1. The normalized spacial score (nSPS) is 14.7. The van der Waals surface area contributed by atoms with Gasteiger partial charge >= 0.3 is 0 Å². The molecule has 0 bridgehead atoms. The number of rotatable bonds is 6. The zero-order valence-electron chi connectivity index (χ0n) is 15.6. The van der Waals surface area contributed by atoms with Gasteiger partial charge in [-0.2, -0.15) is 0 Å². The van der Waals surface area contributed by atoms with Crippen LogP contribution in [-0.2, 0) is 20.0 Å². The van der Waals surface area contributed by atoms with Gasteiger partial charge < -0.3 is 4.90 Å². The highest BCUT2D eigenvalue weighted by molar-refractivity contribution is 7.92. The highest BCUT2D eigenvalue weighted by atomic mass is 32.2. The number of primary sulfonamides is 1. The third-order valence-electron chi connectivity index (χ3n) is 4.44. The minimum Gasteiger partial charge on any atom is -0.328 e. The van der Waals surface area contributed by atoms with Crippen molar-refractivity contribution in [2.24, 2.45) is 5.14 Å². The molecule has 1 aliphatic heterocycles. The van der Waals surface area contributed by atoms with Crippen LogP contribution in [0.3, 0.4) is 0 Å². The highest BCUT2D eigenvalue weighted by Gasteiger charge is 2.30. The quantitative estimate of drug-likeness (QED) is 0.687. The molecule has 2 aromatic rings. The second kappa shape index (κ2) is 8.01. The van der Waals surface area contributed by atoms with E-state index in [1.54, 1.807) is 30.3 Å². The van der Waals surface area contributed by atoms with Crippen LogP contribution >= 0.6 is 0 Å². The average molecular weight is 452 g/mol. The van der Waals surface area contributed by atoms with Gasteiger partial charge in [0, 0.05) is 23.1 Å². The fourth-order valence-electron chi connectivity index (χ4n) is 3.03. The van der Waals surface area contributed by atoms with Crippen molar-refractivity contribution in [3.05, 3.63) is 83.2 Å². The number of sulfonamides is 2. The molecule has 8 nitrogen and oxygen atoms in total. The van der Waals surface area contributed by atoms with Crippen molar-refractivity contribution >= 4 is 31.5 Å². The number of nitrogens with one attached hydrogen (secondary N) is 1. The maximum atomic E-state index is 14.1. The average Bonchev–Trinajstić information content (AvgIpc) is 3.10.